The Bertz CT molecular complexity index is 447. The smallest absolute Gasteiger partial charge is 0.253 e. The van der Waals surface area contributed by atoms with E-state index in [9.17, 15) is 4.79 Å². The Kier molecular flexibility index (Phi) is 3.86. The Labute approximate surface area is 105 Å². The SMILES string of the molecule is O=C(Cl)c1ccsc1CSc1cccs1. The van der Waals surface area contributed by atoms with Crippen LogP contribution < -0.4 is 0 Å². The van der Waals surface area contributed by atoms with Crippen molar-refractivity contribution in [1.29, 1.82) is 0 Å². The van der Waals surface area contributed by atoms with Crippen LogP contribution in [-0.4, -0.2) is 5.24 Å². The van der Waals surface area contributed by atoms with Crippen LogP contribution in [0.4, 0.5) is 0 Å². The Balaban J connectivity index is 2.05. The first-order valence-corrected chi connectivity index (χ1v) is 7.32. The summed E-state index contributed by atoms with van der Waals surface area (Å²) in [6.07, 6.45) is 0. The van der Waals surface area contributed by atoms with Crippen molar-refractivity contribution in [2.45, 2.75) is 9.96 Å². The highest BCUT2D eigenvalue weighted by molar-refractivity contribution is 8.00. The maximum absolute atomic E-state index is 11.1. The second-order valence-electron chi connectivity index (χ2n) is 2.75. The average Bonchev–Trinajstić information content (AvgIpc) is 2.86. The number of hydrogen-bond acceptors (Lipinski definition) is 4. The topological polar surface area (TPSA) is 17.1 Å². The Morgan fingerprint density at radius 1 is 1.33 bits per heavy atom. The van der Waals surface area contributed by atoms with Crippen LogP contribution in [-0.2, 0) is 5.75 Å². The van der Waals surface area contributed by atoms with Gasteiger partial charge in [0.05, 0.1) is 4.21 Å². The van der Waals surface area contributed by atoms with E-state index in [0.717, 1.165) is 10.6 Å². The van der Waals surface area contributed by atoms with Crippen molar-refractivity contribution in [3.63, 3.8) is 0 Å². The van der Waals surface area contributed by atoms with E-state index in [1.165, 1.54) is 4.21 Å². The third-order valence-electron chi connectivity index (χ3n) is 1.80. The fraction of sp³-hybridized carbons (Fsp3) is 0.100. The lowest BCUT2D eigenvalue weighted by molar-refractivity contribution is 0.108. The van der Waals surface area contributed by atoms with E-state index in [1.807, 2.05) is 16.8 Å². The van der Waals surface area contributed by atoms with Crippen molar-refractivity contribution < 1.29 is 4.79 Å². The number of carbonyl (C=O) groups excluding carboxylic acids is 1. The minimum absolute atomic E-state index is 0.363. The van der Waals surface area contributed by atoms with Crippen molar-refractivity contribution in [1.82, 2.24) is 0 Å². The zero-order valence-corrected chi connectivity index (χ0v) is 10.8. The van der Waals surface area contributed by atoms with E-state index in [1.54, 1.807) is 40.5 Å². The normalized spacial score (nSPS) is 10.5. The van der Waals surface area contributed by atoms with E-state index in [-0.39, 0.29) is 5.24 Å². The molecule has 0 saturated heterocycles. The number of hydrogen-bond donors (Lipinski definition) is 0. The second-order valence-corrected chi connectivity index (χ2v) is 6.32. The van der Waals surface area contributed by atoms with Crippen molar-refractivity contribution in [2.24, 2.45) is 0 Å². The molecular weight excluding hydrogens is 268 g/mol. The fourth-order valence-electron chi connectivity index (χ4n) is 1.11. The Morgan fingerprint density at radius 3 is 2.87 bits per heavy atom. The molecule has 5 heteroatoms. The van der Waals surface area contributed by atoms with Gasteiger partial charge >= 0.3 is 0 Å². The first-order valence-electron chi connectivity index (χ1n) is 4.20. The summed E-state index contributed by atoms with van der Waals surface area (Å²) in [6.45, 7) is 0. The van der Waals surface area contributed by atoms with Crippen molar-refractivity contribution >= 4 is 51.3 Å². The van der Waals surface area contributed by atoms with Crippen LogP contribution in [0.1, 0.15) is 15.2 Å². The summed E-state index contributed by atoms with van der Waals surface area (Å²) in [5.74, 6) is 0.811. The van der Waals surface area contributed by atoms with Gasteiger partial charge in [0.15, 0.2) is 0 Å². The molecular formula is C10H7ClOS3. The Hall–Kier alpha value is -0.290. The number of rotatable bonds is 4. The first-order chi connectivity index (χ1) is 7.27. The first kappa shape index (κ1) is 11.2. The minimum atomic E-state index is -0.363. The summed E-state index contributed by atoms with van der Waals surface area (Å²) < 4.78 is 1.26. The van der Waals surface area contributed by atoms with Gasteiger partial charge in [-0.15, -0.1) is 34.4 Å². The third kappa shape index (κ3) is 2.84. The number of thioether (sulfide) groups is 1. The van der Waals surface area contributed by atoms with Crippen molar-refractivity contribution in [3.8, 4) is 0 Å². The van der Waals surface area contributed by atoms with Gasteiger partial charge in [0, 0.05) is 16.2 Å². The molecule has 0 aromatic carbocycles. The molecule has 1 nitrogen and oxygen atoms in total. The van der Waals surface area contributed by atoms with Crippen LogP contribution in [0.5, 0.6) is 0 Å². The van der Waals surface area contributed by atoms with Gasteiger partial charge in [-0.3, -0.25) is 4.79 Å². The van der Waals surface area contributed by atoms with Crippen LogP contribution in [0, 0.1) is 0 Å². The molecule has 0 bridgehead atoms. The molecule has 0 radical (unpaired) electrons. The summed E-state index contributed by atoms with van der Waals surface area (Å²) in [5, 5.41) is 3.59. The van der Waals surface area contributed by atoms with Gasteiger partial charge in [0.2, 0.25) is 0 Å². The quantitative estimate of drug-likeness (QED) is 0.604. The highest BCUT2D eigenvalue weighted by Crippen LogP contribution is 2.30. The molecule has 0 atom stereocenters. The molecule has 0 amide bonds. The van der Waals surface area contributed by atoms with Crippen LogP contribution in [0.15, 0.2) is 33.2 Å². The van der Waals surface area contributed by atoms with Crippen LogP contribution in [0.25, 0.3) is 0 Å². The maximum Gasteiger partial charge on any atom is 0.253 e. The summed E-state index contributed by atoms with van der Waals surface area (Å²) in [7, 11) is 0. The number of halogens is 1. The number of thiophene rings is 2. The molecule has 2 heterocycles. The van der Waals surface area contributed by atoms with Gasteiger partial charge in [-0.25, -0.2) is 0 Å². The van der Waals surface area contributed by atoms with Crippen LogP contribution >= 0.6 is 46.0 Å². The molecule has 2 aromatic rings. The van der Waals surface area contributed by atoms with Crippen molar-refractivity contribution in [2.75, 3.05) is 0 Å². The third-order valence-corrected chi connectivity index (χ3v) is 5.26. The minimum Gasteiger partial charge on any atom is -0.276 e. The lowest BCUT2D eigenvalue weighted by Crippen LogP contribution is -1.89. The van der Waals surface area contributed by atoms with E-state index in [4.69, 9.17) is 11.6 Å². The van der Waals surface area contributed by atoms with Gasteiger partial charge in [-0.1, -0.05) is 6.07 Å². The molecule has 0 aliphatic carbocycles. The standard InChI is InChI=1S/C10H7ClOS3/c11-10(12)7-3-5-13-8(7)6-15-9-2-1-4-14-9/h1-5H,6H2. The van der Waals surface area contributed by atoms with E-state index >= 15 is 0 Å². The summed E-state index contributed by atoms with van der Waals surface area (Å²) in [6, 6.07) is 5.88. The molecule has 2 aromatic heterocycles. The van der Waals surface area contributed by atoms with Gasteiger partial charge < -0.3 is 0 Å². The van der Waals surface area contributed by atoms with E-state index in [2.05, 4.69) is 6.07 Å². The molecule has 0 fully saturated rings. The highest BCUT2D eigenvalue weighted by Gasteiger charge is 2.10. The van der Waals surface area contributed by atoms with Gasteiger partial charge in [0.1, 0.15) is 0 Å². The number of carbonyl (C=O) groups is 1. The summed E-state index contributed by atoms with van der Waals surface area (Å²) >= 11 is 10.5. The van der Waals surface area contributed by atoms with Crippen molar-refractivity contribution in [3.05, 3.63) is 39.4 Å². The predicted molar refractivity (Wildman–Crippen MR) is 68.4 cm³/mol. The molecule has 0 spiro atoms. The van der Waals surface area contributed by atoms with Gasteiger partial charge in [-0.2, -0.15) is 0 Å². The van der Waals surface area contributed by atoms with Crippen LogP contribution in [0.2, 0.25) is 0 Å². The zero-order valence-electron chi connectivity index (χ0n) is 7.60. The molecule has 0 aliphatic rings. The van der Waals surface area contributed by atoms with Gasteiger partial charge in [0.25, 0.3) is 5.24 Å². The van der Waals surface area contributed by atoms with E-state index in [0.29, 0.717) is 5.56 Å². The van der Waals surface area contributed by atoms with Crippen LogP contribution in [0.3, 0.4) is 0 Å². The molecule has 0 N–H and O–H groups in total. The van der Waals surface area contributed by atoms with E-state index < -0.39 is 0 Å². The largest absolute Gasteiger partial charge is 0.276 e. The fourth-order valence-corrected chi connectivity index (χ4v) is 4.12. The predicted octanol–water partition coefficient (Wildman–Crippen LogP) is 4.48. The molecule has 2 rings (SSSR count). The maximum atomic E-state index is 11.1. The average molecular weight is 275 g/mol. The zero-order chi connectivity index (χ0) is 10.7. The lowest BCUT2D eigenvalue weighted by Gasteiger charge is -1.97. The second kappa shape index (κ2) is 5.16. The highest BCUT2D eigenvalue weighted by atomic mass is 35.5. The summed E-state index contributed by atoms with van der Waals surface area (Å²) in [4.78, 5) is 12.1. The molecule has 78 valence electrons. The monoisotopic (exact) mass is 274 g/mol. The lowest BCUT2D eigenvalue weighted by atomic mass is 10.3. The molecule has 15 heavy (non-hydrogen) atoms. The summed E-state index contributed by atoms with van der Waals surface area (Å²) in [5.41, 5.74) is 0.644. The Morgan fingerprint density at radius 2 is 2.20 bits per heavy atom. The molecule has 0 aliphatic heterocycles. The molecule has 0 unspecified atom stereocenters. The molecule has 0 saturated carbocycles. The van der Waals surface area contributed by atoms with Gasteiger partial charge in [-0.05, 0) is 34.5 Å².